The van der Waals surface area contributed by atoms with Gasteiger partial charge in [-0.3, -0.25) is 9.79 Å². The van der Waals surface area contributed by atoms with Gasteiger partial charge in [-0.05, 0) is 26.0 Å². The molecule has 0 fully saturated rings. The van der Waals surface area contributed by atoms with E-state index >= 15 is 0 Å². The third kappa shape index (κ3) is 4.06. The van der Waals surface area contributed by atoms with Gasteiger partial charge in [0, 0.05) is 24.9 Å². The lowest BCUT2D eigenvalue weighted by molar-refractivity contribution is 0.325. The van der Waals surface area contributed by atoms with Crippen molar-refractivity contribution in [3.8, 4) is 0 Å². The number of nitrogens with one attached hydrogen (secondary N) is 1. The number of aliphatic imine (C=N–C) groups is 1. The standard InChI is InChI=1S/C11H15FN2O/c1-8(12)6-9(2)14-7-10-4-3-5-13-11(10)15/h3-5,7-9H,6H2,1-2H3,(H,13,15). The van der Waals surface area contributed by atoms with Crippen molar-refractivity contribution in [1.29, 1.82) is 0 Å². The summed E-state index contributed by atoms with van der Waals surface area (Å²) in [6.45, 7) is 3.32. The van der Waals surface area contributed by atoms with Gasteiger partial charge in [0.2, 0.25) is 0 Å². The van der Waals surface area contributed by atoms with Crippen LogP contribution in [0.2, 0.25) is 0 Å². The van der Waals surface area contributed by atoms with Crippen molar-refractivity contribution in [2.24, 2.45) is 4.99 Å². The number of nitrogens with zero attached hydrogens (tertiary/aromatic N) is 1. The molecule has 1 heterocycles. The Morgan fingerprint density at radius 1 is 1.60 bits per heavy atom. The molecule has 1 rings (SSSR count). The monoisotopic (exact) mass is 210 g/mol. The van der Waals surface area contributed by atoms with E-state index in [1.54, 1.807) is 18.3 Å². The van der Waals surface area contributed by atoms with Crippen molar-refractivity contribution in [2.75, 3.05) is 0 Å². The van der Waals surface area contributed by atoms with Gasteiger partial charge in [-0.15, -0.1) is 0 Å². The van der Waals surface area contributed by atoms with Crippen molar-refractivity contribution in [1.82, 2.24) is 4.98 Å². The van der Waals surface area contributed by atoms with Gasteiger partial charge in [0.25, 0.3) is 5.56 Å². The lowest BCUT2D eigenvalue weighted by Crippen LogP contribution is -2.12. The first kappa shape index (κ1) is 11.6. The zero-order chi connectivity index (χ0) is 11.3. The minimum absolute atomic E-state index is 0.107. The van der Waals surface area contributed by atoms with E-state index < -0.39 is 6.17 Å². The smallest absolute Gasteiger partial charge is 0.256 e. The number of pyridine rings is 1. The molecule has 0 saturated carbocycles. The Kier molecular flexibility index (Phi) is 4.21. The lowest BCUT2D eigenvalue weighted by Gasteiger charge is -2.05. The molecule has 4 heteroatoms. The molecule has 3 nitrogen and oxygen atoms in total. The highest BCUT2D eigenvalue weighted by Gasteiger charge is 2.04. The normalized spacial score (nSPS) is 15.4. The number of halogens is 1. The number of alkyl halides is 1. The predicted octanol–water partition coefficient (Wildman–Crippen LogP) is 1.93. The molecule has 0 saturated heterocycles. The SMILES string of the molecule is CC(F)CC(C)N=Cc1ccc[nH]c1=O. The second-order valence-electron chi connectivity index (χ2n) is 3.60. The van der Waals surface area contributed by atoms with E-state index in [2.05, 4.69) is 9.98 Å². The summed E-state index contributed by atoms with van der Waals surface area (Å²) in [5.74, 6) is 0. The molecule has 1 aromatic rings. The van der Waals surface area contributed by atoms with Crippen LogP contribution in [0.1, 0.15) is 25.8 Å². The fourth-order valence-corrected chi connectivity index (χ4v) is 1.27. The maximum Gasteiger partial charge on any atom is 0.256 e. The molecule has 1 N–H and O–H groups in total. The Morgan fingerprint density at radius 2 is 2.33 bits per heavy atom. The van der Waals surface area contributed by atoms with E-state index in [0.717, 1.165) is 0 Å². The van der Waals surface area contributed by atoms with Crippen molar-refractivity contribution < 1.29 is 4.39 Å². The van der Waals surface area contributed by atoms with Gasteiger partial charge in [0.1, 0.15) is 0 Å². The molecule has 82 valence electrons. The van der Waals surface area contributed by atoms with Crippen LogP contribution in [0.5, 0.6) is 0 Å². The van der Waals surface area contributed by atoms with Crippen LogP contribution < -0.4 is 5.56 Å². The molecule has 0 radical (unpaired) electrons. The van der Waals surface area contributed by atoms with Crippen molar-refractivity contribution in [3.63, 3.8) is 0 Å². The zero-order valence-electron chi connectivity index (χ0n) is 8.90. The van der Waals surface area contributed by atoms with Crippen LogP contribution in [-0.2, 0) is 0 Å². The minimum Gasteiger partial charge on any atom is -0.329 e. The second kappa shape index (κ2) is 5.44. The maximum atomic E-state index is 12.6. The Hall–Kier alpha value is -1.45. The fourth-order valence-electron chi connectivity index (χ4n) is 1.27. The van der Waals surface area contributed by atoms with E-state index in [1.165, 1.54) is 13.1 Å². The van der Waals surface area contributed by atoms with Crippen LogP contribution in [0.25, 0.3) is 0 Å². The number of hydrogen-bond donors (Lipinski definition) is 1. The summed E-state index contributed by atoms with van der Waals surface area (Å²) in [7, 11) is 0. The summed E-state index contributed by atoms with van der Waals surface area (Å²) < 4.78 is 12.6. The highest BCUT2D eigenvalue weighted by molar-refractivity contribution is 5.78. The van der Waals surface area contributed by atoms with Gasteiger partial charge in [-0.25, -0.2) is 4.39 Å². The molecule has 0 aliphatic carbocycles. The summed E-state index contributed by atoms with van der Waals surface area (Å²) in [5, 5.41) is 0. The average molecular weight is 210 g/mol. The molecule has 0 aliphatic heterocycles. The summed E-state index contributed by atoms with van der Waals surface area (Å²) in [6, 6.07) is 3.30. The number of rotatable bonds is 4. The summed E-state index contributed by atoms with van der Waals surface area (Å²) in [5.41, 5.74) is 0.317. The van der Waals surface area contributed by atoms with Crippen molar-refractivity contribution in [3.05, 3.63) is 34.2 Å². The summed E-state index contributed by atoms with van der Waals surface area (Å²) in [4.78, 5) is 17.9. The number of H-pyrrole nitrogens is 1. The molecule has 0 spiro atoms. The Morgan fingerprint density at radius 3 is 2.93 bits per heavy atom. The van der Waals surface area contributed by atoms with E-state index in [0.29, 0.717) is 12.0 Å². The van der Waals surface area contributed by atoms with Gasteiger partial charge >= 0.3 is 0 Å². The first-order valence-corrected chi connectivity index (χ1v) is 4.94. The number of aromatic amines is 1. The molecule has 0 aromatic carbocycles. The Bertz CT molecular complexity index is 384. The lowest BCUT2D eigenvalue weighted by atomic mass is 10.2. The van der Waals surface area contributed by atoms with Gasteiger partial charge < -0.3 is 4.98 Å². The topological polar surface area (TPSA) is 45.2 Å². The minimum atomic E-state index is -0.869. The van der Waals surface area contributed by atoms with Gasteiger partial charge in [-0.1, -0.05) is 0 Å². The van der Waals surface area contributed by atoms with Crippen molar-refractivity contribution >= 4 is 6.21 Å². The first-order valence-electron chi connectivity index (χ1n) is 4.94. The quantitative estimate of drug-likeness (QED) is 0.758. The molecule has 1 aromatic heterocycles. The highest BCUT2D eigenvalue weighted by atomic mass is 19.1. The molecule has 0 amide bonds. The maximum absolute atomic E-state index is 12.6. The zero-order valence-corrected chi connectivity index (χ0v) is 8.90. The summed E-state index contributed by atoms with van der Waals surface area (Å²) >= 11 is 0. The van der Waals surface area contributed by atoms with Crippen LogP contribution in [0.3, 0.4) is 0 Å². The number of hydrogen-bond acceptors (Lipinski definition) is 2. The van der Waals surface area contributed by atoms with E-state index in [9.17, 15) is 9.18 Å². The molecule has 15 heavy (non-hydrogen) atoms. The van der Waals surface area contributed by atoms with Crippen LogP contribution in [-0.4, -0.2) is 23.4 Å². The van der Waals surface area contributed by atoms with E-state index in [-0.39, 0.29) is 11.6 Å². The van der Waals surface area contributed by atoms with Gasteiger partial charge in [-0.2, -0.15) is 0 Å². The molecule has 2 atom stereocenters. The van der Waals surface area contributed by atoms with Gasteiger partial charge in [0.05, 0.1) is 11.7 Å². The fraction of sp³-hybridized carbons (Fsp3) is 0.455. The third-order valence-electron chi connectivity index (χ3n) is 1.98. The second-order valence-corrected chi connectivity index (χ2v) is 3.60. The molecular weight excluding hydrogens is 195 g/mol. The summed E-state index contributed by atoms with van der Waals surface area (Å²) in [6.07, 6.45) is 2.56. The largest absolute Gasteiger partial charge is 0.329 e. The van der Waals surface area contributed by atoms with Crippen LogP contribution in [0.4, 0.5) is 4.39 Å². The molecule has 0 aliphatic rings. The number of aromatic nitrogens is 1. The first-order chi connectivity index (χ1) is 7.09. The predicted molar refractivity (Wildman–Crippen MR) is 59.3 cm³/mol. The van der Waals surface area contributed by atoms with E-state index in [1.807, 2.05) is 6.92 Å². The molecular formula is C11H15FN2O. The van der Waals surface area contributed by atoms with Crippen LogP contribution in [0.15, 0.2) is 28.1 Å². The third-order valence-corrected chi connectivity index (χ3v) is 1.98. The van der Waals surface area contributed by atoms with Crippen LogP contribution in [0, 0.1) is 0 Å². The van der Waals surface area contributed by atoms with E-state index in [4.69, 9.17) is 0 Å². The van der Waals surface area contributed by atoms with Crippen LogP contribution >= 0.6 is 0 Å². The Labute approximate surface area is 88.1 Å². The molecule has 2 unspecified atom stereocenters. The average Bonchev–Trinajstić information content (AvgIpc) is 2.15. The highest BCUT2D eigenvalue weighted by Crippen LogP contribution is 2.04. The molecule has 0 bridgehead atoms. The van der Waals surface area contributed by atoms with Gasteiger partial charge in [0.15, 0.2) is 0 Å². The van der Waals surface area contributed by atoms with Crippen molar-refractivity contribution in [2.45, 2.75) is 32.5 Å². The Balaban J connectivity index is 2.66.